The monoisotopic (exact) mass is 431 g/mol. The third-order valence-electron chi connectivity index (χ3n) is 4.68. The van der Waals surface area contributed by atoms with Crippen molar-refractivity contribution in [1.29, 1.82) is 0 Å². The van der Waals surface area contributed by atoms with Crippen molar-refractivity contribution in [1.82, 2.24) is 14.6 Å². The highest BCUT2D eigenvalue weighted by atomic mass is 16.5. The minimum absolute atomic E-state index is 0.190. The SMILES string of the molecule is COc1ccc(-c2ccn3nc(C(=O)Nc4cccc(NC(C)=O)c4)cc3n2)cc1OC. The summed E-state index contributed by atoms with van der Waals surface area (Å²) in [6.45, 7) is 1.42. The number of hydrogen-bond donors (Lipinski definition) is 2. The lowest BCUT2D eigenvalue weighted by Crippen LogP contribution is -2.13. The molecule has 0 unspecified atom stereocenters. The van der Waals surface area contributed by atoms with Crippen molar-refractivity contribution in [2.45, 2.75) is 6.92 Å². The molecule has 0 atom stereocenters. The zero-order valence-corrected chi connectivity index (χ0v) is 17.7. The van der Waals surface area contributed by atoms with E-state index >= 15 is 0 Å². The second-order valence-electron chi connectivity index (χ2n) is 6.93. The molecule has 2 aromatic heterocycles. The summed E-state index contributed by atoms with van der Waals surface area (Å²) in [5.74, 6) is 0.651. The second-order valence-corrected chi connectivity index (χ2v) is 6.93. The molecule has 0 saturated heterocycles. The highest BCUT2D eigenvalue weighted by molar-refractivity contribution is 6.04. The van der Waals surface area contributed by atoms with E-state index in [9.17, 15) is 9.59 Å². The number of nitrogens with zero attached hydrogens (tertiary/aromatic N) is 3. The van der Waals surface area contributed by atoms with Gasteiger partial charge in [0.1, 0.15) is 0 Å². The molecule has 2 amide bonds. The molecule has 0 aliphatic carbocycles. The molecule has 32 heavy (non-hydrogen) atoms. The number of anilines is 2. The normalized spacial score (nSPS) is 10.6. The number of carbonyl (C=O) groups is 2. The fourth-order valence-corrected chi connectivity index (χ4v) is 3.22. The van der Waals surface area contributed by atoms with E-state index in [2.05, 4.69) is 20.7 Å². The number of carbonyl (C=O) groups excluding carboxylic acids is 2. The van der Waals surface area contributed by atoms with Crippen LogP contribution in [0.3, 0.4) is 0 Å². The van der Waals surface area contributed by atoms with Crippen LogP contribution in [0.5, 0.6) is 11.5 Å². The van der Waals surface area contributed by atoms with Crippen LogP contribution in [0.1, 0.15) is 17.4 Å². The molecule has 0 spiro atoms. The van der Waals surface area contributed by atoms with E-state index in [-0.39, 0.29) is 17.5 Å². The van der Waals surface area contributed by atoms with Crippen molar-refractivity contribution < 1.29 is 19.1 Å². The Labute approximate surface area is 184 Å². The van der Waals surface area contributed by atoms with Crippen LogP contribution in [-0.4, -0.2) is 40.6 Å². The lowest BCUT2D eigenvalue weighted by molar-refractivity contribution is -0.114. The van der Waals surface area contributed by atoms with Crippen LogP contribution < -0.4 is 20.1 Å². The first-order valence-corrected chi connectivity index (χ1v) is 9.74. The Balaban J connectivity index is 1.58. The van der Waals surface area contributed by atoms with Gasteiger partial charge < -0.3 is 20.1 Å². The molecule has 0 bridgehead atoms. The quantitative estimate of drug-likeness (QED) is 0.483. The van der Waals surface area contributed by atoms with Crippen LogP contribution in [0.4, 0.5) is 11.4 Å². The number of methoxy groups -OCH3 is 2. The third-order valence-corrected chi connectivity index (χ3v) is 4.68. The van der Waals surface area contributed by atoms with Crippen molar-refractivity contribution in [2.24, 2.45) is 0 Å². The smallest absolute Gasteiger partial charge is 0.276 e. The summed E-state index contributed by atoms with van der Waals surface area (Å²) >= 11 is 0. The van der Waals surface area contributed by atoms with Gasteiger partial charge >= 0.3 is 0 Å². The number of ether oxygens (including phenoxy) is 2. The van der Waals surface area contributed by atoms with Crippen LogP contribution in [0.15, 0.2) is 60.8 Å². The largest absolute Gasteiger partial charge is 0.493 e. The number of aromatic nitrogens is 3. The van der Waals surface area contributed by atoms with Crippen LogP contribution in [-0.2, 0) is 4.79 Å². The molecule has 4 aromatic rings. The summed E-state index contributed by atoms with van der Waals surface area (Å²) in [4.78, 5) is 28.5. The van der Waals surface area contributed by atoms with Crippen LogP contribution >= 0.6 is 0 Å². The molecule has 9 nitrogen and oxygen atoms in total. The Morgan fingerprint density at radius 3 is 2.38 bits per heavy atom. The first kappa shape index (κ1) is 20.9. The zero-order valence-electron chi connectivity index (χ0n) is 17.7. The summed E-state index contributed by atoms with van der Waals surface area (Å²) < 4.78 is 12.2. The van der Waals surface area contributed by atoms with Gasteiger partial charge in [0.05, 0.1) is 19.9 Å². The highest BCUT2D eigenvalue weighted by Crippen LogP contribution is 2.31. The summed E-state index contributed by atoms with van der Waals surface area (Å²) in [7, 11) is 3.16. The van der Waals surface area contributed by atoms with Gasteiger partial charge in [0.15, 0.2) is 22.8 Å². The predicted octanol–water partition coefficient (Wildman–Crippen LogP) is 3.62. The molecular weight excluding hydrogens is 410 g/mol. The van der Waals surface area contributed by atoms with Gasteiger partial charge in [-0.2, -0.15) is 5.10 Å². The van der Waals surface area contributed by atoms with E-state index in [1.54, 1.807) is 56.8 Å². The number of amides is 2. The number of nitrogens with one attached hydrogen (secondary N) is 2. The molecule has 0 saturated carbocycles. The highest BCUT2D eigenvalue weighted by Gasteiger charge is 2.14. The maximum atomic E-state index is 12.7. The minimum Gasteiger partial charge on any atom is -0.493 e. The van der Waals surface area contributed by atoms with E-state index in [0.717, 1.165) is 5.56 Å². The van der Waals surface area contributed by atoms with E-state index in [0.29, 0.717) is 34.2 Å². The van der Waals surface area contributed by atoms with Gasteiger partial charge in [-0.25, -0.2) is 9.50 Å². The van der Waals surface area contributed by atoms with Gasteiger partial charge in [0.2, 0.25) is 5.91 Å². The van der Waals surface area contributed by atoms with Crippen molar-refractivity contribution in [3.05, 3.63) is 66.5 Å². The first-order chi connectivity index (χ1) is 15.5. The average molecular weight is 431 g/mol. The molecule has 0 aliphatic rings. The molecule has 0 radical (unpaired) electrons. The lowest BCUT2D eigenvalue weighted by atomic mass is 10.1. The Bertz CT molecular complexity index is 1310. The van der Waals surface area contributed by atoms with Crippen LogP contribution in [0, 0.1) is 0 Å². The molecule has 162 valence electrons. The van der Waals surface area contributed by atoms with Gasteiger partial charge in [0, 0.05) is 36.1 Å². The Morgan fingerprint density at radius 1 is 0.906 bits per heavy atom. The number of hydrogen-bond acceptors (Lipinski definition) is 6. The average Bonchev–Trinajstić information content (AvgIpc) is 3.22. The molecule has 2 heterocycles. The second kappa shape index (κ2) is 8.76. The van der Waals surface area contributed by atoms with Crippen molar-refractivity contribution >= 4 is 28.8 Å². The predicted molar refractivity (Wildman–Crippen MR) is 120 cm³/mol. The molecule has 0 aliphatic heterocycles. The summed E-state index contributed by atoms with van der Waals surface area (Å²) in [6, 6.07) is 15.8. The van der Waals surface area contributed by atoms with Gasteiger partial charge in [-0.1, -0.05) is 6.07 Å². The maximum absolute atomic E-state index is 12.7. The van der Waals surface area contributed by atoms with Crippen molar-refractivity contribution in [3.8, 4) is 22.8 Å². The van der Waals surface area contributed by atoms with Crippen LogP contribution in [0.25, 0.3) is 16.9 Å². The lowest BCUT2D eigenvalue weighted by Gasteiger charge is -2.09. The van der Waals surface area contributed by atoms with E-state index in [1.165, 1.54) is 11.4 Å². The van der Waals surface area contributed by atoms with E-state index in [4.69, 9.17) is 9.47 Å². The number of benzene rings is 2. The van der Waals surface area contributed by atoms with Gasteiger partial charge in [-0.15, -0.1) is 0 Å². The third kappa shape index (κ3) is 4.36. The fraction of sp³-hybridized carbons (Fsp3) is 0.130. The van der Waals surface area contributed by atoms with Gasteiger partial charge in [-0.05, 0) is 42.5 Å². The zero-order chi connectivity index (χ0) is 22.7. The molecule has 4 rings (SSSR count). The molecule has 2 N–H and O–H groups in total. The molecule has 2 aromatic carbocycles. The molecule has 9 heteroatoms. The van der Waals surface area contributed by atoms with Crippen molar-refractivity contribution in [3.63, 3.8) is 0 Å². The fourth-order valence-electron chi connectivity index (χ4n) is 3.22. The summed E-state index contributed by atoms with van der Waals surface area (Å²) in [6.07, 6.45) is 1.74. The van der Waals surface area contributed by atoms with Gasteiger partial charge in [-0.3, -0.25) is 9.59 Å². The standard InChI is InChI=1S/C23H21N5O4/c1-14(29)24-16-5-4-6-17(12-16)25-23(30)19-13-22-26-18(9-10-28(22)27-19)15-7-8-20(31-2)21(11-15)32-3/h4-13H,1-3H3,(H,24,29)(H,25,30). The minimum atomic E-state index is -0.386. The number of fused-ring (bicyclic) bond motifs is 1. The van der Waals surface area contributed by atoms with Gasteiger partial charge in [0.25, 0.3) is 5.91 Å². The van der Waals surface area contributed by atoms with Crippen molar-refractivity contribution in [2.75, 3.05) is 24.9 Å². The molecule has 0 fully saturated rings. The van der Waals surface area contributed by atoms with E-state index < -0.39 is 0 Å². The summed E-state index contributed by atoms with van der Waals surface area (Å²) in [5.41, 5.74) is 3.41. The molecular formula is C23H21N5O4. The van der Waals surface area contributed by atoms with E-state index in [1.807, 2.05) is 18.2 Å². The Kier molecular flexibility index (Phi) is 5.71. The Morgan fingerprint density at radius 2 is 1.66 bits per heavy atom. The summed E-state index contributed by atoms with van der Waals surface area (Å²) in [5, 5.41) is 9.77. The van der Waals surface area contributed by atoms with Crippen LogP contribution in [0.2, 0.25) is 0 Å². The topological polar surface area (TPSA) is 107 Å². The number of rotatable bonds is 6. The first-order valence-electron chi connectivity index (χ1n) is 9.74. The Hall–Kier alpha value is -4.40. The maximum Gasteiger partial charge on any atom is 0.276 e.